The van der Waals surface area contributed by atoms with Crippen molar-refractivity contribution in [1.29, 1.82) is 0 Å². The van der Waals surface area contributed by atoms with Crippen LogP contribution in [0.25, 0.3) is 0 Å². The number of nitrogens with one attached hydrogen (secondary N) is 1. The van der Waals surface area contributed by atoms with Crippen molar-refractivity contribution in [2.24, 2.45) is 17.3 Å². The van der Waals surface area contributed by atoms with Crippen molar-refractivity contribution in [3.05, 3.63) is 18.5 Å². The van der Waals surface area contributed by atoms with Gasteiger partial charge in [-0.1, -0.05) is 0 Å². The van der Waals surface area contributed by atoms with Crippen LogP contribution < -0.4 is 10.2 Å². The quantitative estimate of drug-likeness (QED) is 0.873. The fourth-order valence-electron chi connectivity index (χ4n) is 3.62. The van der Waals surface area contributed by atoms with Crippen molar-refractivity contribution < 1.29 is 9.53 Å². The standard InChI is InChI=1S/C16H22N4O2/c21-14(6-12-2-3-12)19-9-16-10-20(7-13(16)8-22-11-16)15-17-4-1-5-18-15/h1,4-5,12-13H,2-3,6-11H2,(H,19,21)/t13-,16+/m1/s1. The lowest BCUT2D eigenvalue weighted by atomic mass is 9.81. The lowest BCUT2D eigenvalue weighted by molar-refractivity contribution is -0.121. The molecule has 0 spiro atoms. The van der Waals surface area contributed by atoms with Gasteiger partial charge in [-0.15, -0.1) is 0 Å². The number of ether oxygens (including phenoxy) is 1. The average Bonchev–Trinajstić information content (AvgIpc) is 3.14. The van der Waals surface area contributed by atoms with E-state index in [4.69, 9.17) is 4.74 Å². The molecule has 1 amide bonds. The van der Waals surface area contributed by atoms with Crippen LogP contribution in [0.2, 0.25) is 0 Å². The molecular formula is C16H22N4O2. The van der Waals surface area contributed by atoms with Crippen LogP contribution in [-0.2, 0) is 9.53 Å². The molecule has 0 unspecified atom stereocenters. The van der Waals surface area contributed by atoms with E-state index in [9.17, 15) is 4.79 Å². The highest BCUT2D eigenvalue weighted by Crippen LogP contribution is 2.41. The molecule has 1 aromatic rings. The highest BCUT2D eigenvalue weighted by Gasteiger charge is 2.51. The third-order valence-corrected chi connectivity index (χ3v) is 5.16. The van der Waals surface area contributed by atoms with Gasteiger partial charge in [0.25, 0.3) is 0 Å². The Hall–Kier alpha value is -1.69. The minimum atomic E-state index is 0.0123. The number of amides is 1. The molecule has 1 saturated carbocycles. The number of carbonyl (C=O) groups is 1. The van der Waals surface area contributed by atoms with Gasteiger partial charge in [0.15, 0.2) is 0 Å². The lowest BCUT2D eigenvalue weighted by Crippen LogP contribution is -2.43. The Morgan fingerprint density at radius 1 is 1.41 bits per heavy atom. The van der Waals surface area contributed by atoms with E-state index in [1.54, 1.807) is 12.4 Å². The number of carbonyl (C=O) groups excluding carboxylic acids is 1. The normalized spacial score (nSPS) is 30.4. The molecule has 22 heavy (non-hydrogen) atoms. The molecule has 3 heterocycles. The van der Waals surface area contributed by atoms with Gasteiger partial charge in [-0.3, -0.25) is 4.79 Å². The first-order chi connectivity index (χ1) is 10.8. The molecule has 2 atom stereocenters. The van der Waals surface area contributed by atoms with Gasteiger partial charge in [0, 0.05) is 49.8 Å². The van der Waals surface area contributed by atoms with Crippen LogP contribution in [0.15, 0.2) is 18.5 Å². The molecule has 1 aromatic heterocycles. The van der Waals surface area contributed by atoms with Gasteiger partial charge in [-0.2, -0.15) is 0 Å². The maximum Gasteiger partial charge on any atom is 0.225 e. The van der Waals surface area contributed by atoms with Crippen LogP contribution >= 0.6 is 0 Å². The number of rotatable bonds is 5. The van der Waals surface area contributed by atoms with E-state index >= 15 is 0 Å². The number of anilines is 1. The second-order valence-electron chi connectivity index (χ2n) is 6.93. The van der Waals surface area contributed by atoms with Crippen molar-refractivity contribution >= 4 is 11.9 Å². The topological polar surface area (TPSA) is 67.3 Å². The van der Waals surface area contributed by atoms with Crippen molar-refractivity contribution in [2.45, 2.75) is 19.3 Å². The van der Waals surface area contributed by atoms with Gasteiger partial charge in [0.05, 0.1) is 13.2 Å². The van der Waals surface area contributed by atoms with Crippen LogP contribution in [0.5, 0.6) is 0 Å². The summed E-state index contributed by atoms with van der Waals surface area (Å²) >= 11 is 0. The second-order valence-corrected chi connectivity index (χ2v) is 6.93. The Labute approximate surface area is 130 Å². The summed E-state index contributed by atoms with van der Waals surface area (Å²) in [6.07, 6.45) is 6.66. The maximum atomic E-state index is 12.0. The van der Waals surface area contributed by atoms with E-state index in [2.05, 4.69) is 20.2 Å². The Bertz CT molecular complexity index is 548. The van der Waals surface area contributed by atoms with Gasteiger partial charge in [0.2, 0.25) is 11.9 Å². The van der Waals surface area contributed by atoms with Crippen LogP contribution in [0, 0.1) is 17.3 Å². The predicted molar refractivity (Wildman–Crippen MR) is 81.3 cm³/mol. The Balaban J connectivity index is 1.41. The van der Waals surface area contributed by atoms with Gasteiger partial charge < -0.3 is 15.0 Å². The molecule has 1 aliphatic carbocycles. The summed E-state index contributed by atoms with van der Waals surface area (Å²) in [5.74, 6) is 2.04. The molecule has 2 saturated heterocycles. The van der Waals surface area contributed by atoms with E-state index in [0.717, 1.165) is 25.6 Å². The van der Waals surface area contributed by atoms with Crippen molar-refractivity contribution in [2.75, 3.05) is 37.7 Å². The molecule has 3 aliphatic rings. The van der Waals surface area contributed by atoms with Crippen LogP contribution in [0.1, 0.15) is 19.3 Å². The lowest BCUT2D eigenvalue weighted by Gasteiger charge is -2.27. The second kappa shape index (κ2) is 5.50. The highest BCUT2D eigenvalue weighted by molar-refractivity contribution is 5.76. The third-order valence-electron chi connectivity index (χ3n) is 5.16. The summed E-state index contributed by atoms with van der Waals surface area (Å²) < 4.78 is 5.71. The summed E-state index contributed by atoms with van der Waals surface area (Å²) in [5.41, 5.74) is 0.0123. The molecule has 0 bridgehead atoms. The van der Waals surface area contributed by atoms with Crippen LogP contribution in [0.4, 0.5) is 5.95 Å². The van der Waals surface area contributed by atoms with E-state index in [-0.39, 0.29) is 11.3 Å². The highest BCUT2D eigenvalue weighted by atomic mass is 16.5. The zero-order chi connectivity index (χ0) is 15.0. The van der Waals surface area contributed by atoms with Gasteiger partial charge >= 0.3 is 0 Å². The van der Waals surface area contributed by atoms with E-state index in [1.807, 2.05) is 6.07 Å². The number of fused-ring (bicyclic) bond motifs is 1. The molecule has 118 valence electrons. The number of nitrogens with zero attached hydrogens (tertiary/aromatic N) is 3. The summed E-state index contributed by atoms with van der Waals surface area (Å²) in [4.78, 5) is 22.9. The Morgan fingerprint density at radius 2 is 2.23 bits per heavy atom. The largest absolute Gasteiger partial charge is 0.380 e. The third kappa shape index (κ3) is 2.67. The fourth-order valence-corrected chi connectivity index (χ4v) is 3.62. The molecule has 0 radical (unpaired) electrons. The van der Waals surface area contributed by atoms with Crippen molar-refractivity contribution in [3.8, 4) is 0 Å². The molecule has 6 heteroatoms. The van der Waals surface area contributed by atoms with Crippen LogP contribution in [-0.4, -0.2) is 48.7 Å². The zero-order valence-corrected chi connectivity index (χ0v) is 12.7. The summed E-state index contributed by atoms with van der Waals surface area (Å²) in [6.45, 7) is 3.94. The van der Waals surface area contributed by atoms with Gasteiger partial charge in [0.1, 0.15) is 0 Å². The Kier molecular flexibility index (Phi) is 3.48. The Morgan fingerprint density at radius 3 is 3.00 bits per heavy atom. The number of aromatic nitrogens is 2. The van der Waals surface area contributed by atoms with Crippen LogP contribution in [0.3, 0.4) is 0 Å². The smallest absolute Gasteiger partial charge is 0.225 e. The summed E-state index contributed by atoms with van der Waals surface area (Å²) in [5, 5.41) is 3.14. The van der Waals surface area contributed by atoms with E-state index < -0.39 is 0 Å². The molecule has 3 fully saturated rings. The molecule has 2 aliphatic heterocycles. The molecular weight excluding hydrogens is 280 g/mol. The van der Waals surface area contributed by atoms with Crippen molar-refractivity contribution in [1.82, 2.24) is 15.3 Å². The molecule has 1 N–H and O–H groups in total. The van der Waals surface area contributed by atoms with E-state index in [0.29, 0.717) is 31.4 Å². The first kappa shape index (κ1) is 13.9. The average molecular weight is 302 g/mol. The zero-order valence-electron chi connectivity index (χ0n) is 12.7. The molecule has 6 nitrogen and oxygen atoms in total. The van der Waals surface area contributed by atoms with Gasteiger partial charge in [-0.25, -0.2) is 9.97 Å². The minimum Gasteiger partial charge on any atom is -0.380 e. The molecule has 0 aromatic carbocycles. The number of hydrogen-bond acceptors (Lipinski definition) is 5. The van der Waals surface area contributed by atoms with Gasteiger partial charge in [-0.05, 0) is 24.8 Å². The monoisotopic (exact) mass is 302 g/mol. The van der Waals surface area contributed by atoms with E-state index in [1.165, 1.54) is 12.8 Å². The first-order valence-corrected chi connectivity index (χ1v) is 8.12. The summed E-state index contributed by atoms with van der Waals surface area (Å²) in [6, 6.07) is 1.83. The molecule has 4 rings (SSSR count). The first-order valence-electron chi connectivity index (χ1n) is 8.12. The number of hydrogen-bond donors (Lipinski definition) is 1. The van der Waals surface area contributed by atoms with Crippen molar-refractivity contribution in [3.63, 3.8) is 0 Å². The summed E-state index contributed by atoms with van der Waals surface area (Å²) in [7, 11) is 0. The SMILES string of the molecule is O=C(CC1CC1)NC[C@]12COC[C@H]1CN(c1ncccn1)C2. The maximum absolute atomic E-state index is 12.0. The predicted octanol–water partition coefficient (Wildman–Crippen LogP) is 0.846. The fraction of sp³-hybridized carbons (Fsp3) is 0.688. The minimum absolute atomic E-state index is 0.0123.